The molecule has 2 fully saturated rings. The molecule has 1 aromatic heterocycles. The molecule has 0 amide bonds. The van der Waals surface area contributed by atoms with Crippen LogP contribution in [-0.4, -0.2) is 24.4 Å². The number of aryl methyl sites for hydroxylation is 1. The summed E-state index contributed by atoms with van der Waals surface area (Å²) in [7, 11) is 1.29. The van der Waals surface area contributed by atoms with Crippen molar-refractivity contribution in [1.82, 2.24) is 4.57 Å². The molecule has 21 heavy (non-hydrogen) atoms. The van der Waals surface area contributed by atoms with Gasteiger partial charge in [-0.2, -0.15) is 0 Å². The van der Waals surface area contributed by atoms with E-state index in [4.69, 9.17) is 0 Å². The molecule has 2 aliphatic rings. The maximum atomic E-state index is 12.3. The van der Waals surface area contributed by atoms with Gasteiger partial charge in [0, 0.05) is 40.1 Å². The van der Waals surface area contributed by atoms with E-state index in [0.717, 1.165) is 24.8 Å². The molecule has 0 radical (unpaired) electrons. The molecule has 2 atom stereocenters. The van der Waals surface area contributed by atoms with Crippen molar-refractivity contribution < 1.29 is 9.32 Å². The Morgan fingerprint density at radius 2 is 1.95 bits per heavy atom. The Morgan fingerprint density at radius 1 is 1.24 bits per heavy atom. The zero-order valence-corrected chi connectivity index (χ0v) is 13.1. The highest BCUT2D eigenvalue weighted by Crippen LogP contribution is 2.44. The maximum Gasteiger partial charge on any atom is 0.0919 e. The second-order valence-electron chi connectivity index (χ2n) is 6.64. The predicted molar refractivity (Wildman–Crippen MR) is 85.6 cm³/mol. The Balaban J connectivity index is 1.74. The summed E-state index contributed by atoms with van der Waals surface area (Å²) >= 11 is 0. The zero-order valence-electron chi connectivity index (χ0n) is 12.3. The fourth-order valence-electron chi connectivity index (χ4n) is 4.09. The molecule has 2 aromatic rings. The summed E-state index contributed by atoms with van der Waals surface area (Å²) in [5, 5.41) is 12.7. The van der Waals surface area contributed by atoms with Crippen molar-refractivity contribution >= 4 is 21.7 Å². The second-order valence-corrected chi connectivity index (χ2v) is 8.63. The molecule has 2 bridgehead atoms. The highest BCUT2D eigenvalue weighted by Gasteiger charge is 2.46. The first kappa shape index (κ1) is 13.5. The lowest BCUT2D eigenvalue weighted by Crippen LogP contribution is -2.47. The van der Waals surface area contributed by atoms with Crippen LogP contribution in [0.2, 0.25) is 0 Å². The van der Waals surface area contributed by atoms with Gasteiger partial charge in [-0.1, -0.05) is 12.5 Å². The standard InChI is InChI=1S/C17H21NO2S/c1-18-8-7-12-9-13(5-6-16(12)18)17(19)10-14-3-2-4-15(11-17)21(14)20/h5-9,14-15,19H,2-4,10-11H2,1H3. The lowest BCUT2D eigenvalue weighted by atomic mass is 9.80. The third kappa shape index (κ3) is 2.08. The normalized spacial score (nSPS) is 36.0. The number of fused-ring (bicyclic) bond motifs is 3. The summed E-state index contributed by atoms with van der Waals surface area (Å²) in [4.78, 5) is 0. The van der Waals surface area contributed by atoms with E-state index in [1.807, 2.05) is 19.3 Å². The van der Waals surface area contributed by atoms with Gasteiger partial charge in [-0.3, -0.25) is 4.21 Å². The summed E-state index contributed by atoms with van der Waals surface area (Å²) in [5.41, 5.74) is 1.38. The van der Waals surface area contributed by atoms with Crippen LogP contribution in [0, 0.1) is 0 Å². The topological polar surface area (TPSA) is 42.2 Å². The summed E-state index contributed by atoms with van der Waals surface area (Å²) in [6.45, 7) is 0. The lowest BCUT2D eigenvalue weighted by molar-refractivity contribution is 0.00666. The molecule has 112 valence electrons. The van der Waals surface area contributed by atoms with Gasteiger partial charge in [0.25, 0.3) is 0 Å². The number of aliphatic hydroxyl groups is 1. The van der Waals surface area contributed by atoms with Crippen LogP contribution in [0.3, 0.4) is 0 Å². The number of hydrogen-bond acceptors (Lipinski definition) is 2. The van der Waals surface area contributed by atoms with Crippen molar-refractivity contribution in [2.24, 2.45) is 7.05 Å². The minimum atomic E-state index is -0.798. The number of hydrogen-bond donors (Lipinski definition) is 1. The smallest absolute Gasteiger partial charge is 0.0919 e. The average molecular weight is 303 g/mol. The Kier molecular flexibility index (Phi) is 3.02. The second kappa shape index (κ2) is 4.68. The van der Waals surface area contributed by atoms with Gasteiger partial charge < -0.3 is 9.67 Å². The molecule has 2 aliphatic heterocycles. The van der Waals surface area contributed by atoms with E-state index < -0.39 is 16.4 Å². The van der Waals surface area contributed by atoms with Crippen LogP contribution in [0.5, 0.6) is 0 Å². The first-order valence-corrected chi connectivity index (χ1v) is 9.02. The predicted octanol–water partition coefficient (Wildman–Crippen LogP) is 2.83. The van der Waals surface area contributed by atoms with Crippen LogP contribution in [0.25, 0.3) is 10.9 Å². The van der Waals surface area contributed by atoms with Crippen LogP contribution in [0.1, 0.15) is 37.7 Å². The Labute approximate surface area is 127 Å². The molecule has 1 N–H and O–H groups in total. The van der Waals surface area contributed by atoms with Crippen LogP contribution >= 0.6 is 0 Å². The number of aromatic nitrogens is 1. The number of rotatable bonds is 1. The Hall–Kier alpha value is -1.13. The Bertz CT molecular complexity index is 705. The monoisotopic (exact) mass is 303 g/mol. The third-order valence-corrected chi connectivity index (χ3v) is 7.38. The molecule has 4 rings (SSSR count). The van der Waals surface area contributed by atoms with Gasteiger partial charge >= 0.3 is 0 Å². The molecule has 3 nitrogen and oxygen atoms in total. The van der Waals surface area contributed by atoms with E-state index in [2.05, 4.69) is 22.8 Å². The quantitative estimate of drug-likeness (QED) is 0.880. The van der Waals surface area contributed by atoms with E-state index in [1.165, 1.54) is 10.9 Å². The molecule has 4 heteroatoms. The van der Waals surface area contributed by atoms with E-state index in [0.29, 0.717) is 12.8 Å². The fraction of sp³-hybridized carbons (Fsp3) is 0.529. The first-order chi connectivity index (χ1) is 10.1. The zero-order chi connectivity index (χ0) is 14.6. The average Bonchev–Trinajstić information content (AvgIpc) is 2.82. The largest absolute Gasteiger partial charge is 0.385 e. The van der Waals surface area contributed by atoms with Crippen LogP contribution < -0.4 is 0 Å². The molecule has 2 saturated heterocycles. The molecular formula is C17H21NO2S. The molecular weight excluding hydrogens is 282 g/mol. The third-order valence-electron chi connectivity index (χ3n) is 5.26. The van der Waals surface area contributed by atoms with E-state index in [1.54, 1.807) is 0 Å². The maximum absolute atomic E-state index is 12.3. The first-order valence-electron chi connectivity index (χ1n) is 7.74. The number of nitrogens with zero attached hydrogens (tertiary/aromatic N) is 1. The lowest BCUT2D eigenvalue weighted by Gasteiger charge is -2.43. The molecule has 0 aliphatic carbocycles. The molecule has 3 heterocycles. The number of benzene rings is 1. The van der Waals surface area contributed by atoms with Crippen LogP contribution in [-0.2, 0) is 23.4 Å². The van der Waals surface area contributed by atoms with Crippen molar-refractivity contribution in [3.05, 3.63) is 36.0 Å². The minimum absolute atomic E-state index is 0.175. The van der Waals surface area contributed by atoms with E-state index in [9.17, 15) is 9.32 Å². The van der Waals surface area contributed by atoms with Gasteiger partial charge in [-0.15, -0.1) is 0 Å². The van der Waals surface area contributed by atoms with Gasteiger partial charge in [-0.25, -0.2) is 0 Å². The van der Waals surface area contributed by atoms with Crippen LogP contribution in [0.4, 0.5) is 0 Å². The Morgan fingerprint density at radius 3 is 2.67 bits per heavy atom. The van der Waals surface area contributed by atoms with Gasteiger partial charge in [-0.05, 0) is 54.8 Å². The van der Waals surface area contributed by atoms with Crippen molar-refractivity contribution in [3.8, 4) is 0 Å². The van der Waals surface area contributed by atoms with Gasteiger partial charge in [0.15, 0.2) is 0 Å². The molecule has 0 saturated carbocycles. The van der Waals surface area contributed by atoms with Gasteiger partial charge in [0.1, 0.15) is 0 Å². The van der Waals surface area contributed by atoms with Crippen molar-refractivity contribution in [3.63, 3.8) is 0 Å². The van der Waals surface area contributed by atoms with Crippen molar-refractivity contribution in [2.45, 2.75) is 48.2 Å². The van der Waals surface area contributed by atoms with Gasteiger partial charge in [0.2, 0.25) is 0 Å². The van der Waals surface area contributed by atoms with Crippen molar-refractivity contribution in [2.75, 3.05) is 0 Å². The summed E-state index contributed by atoms with van der Waals surface area (Å²) in [6, 6.07) is 8.33. The van der Waals surface area contributed by atoms with E-state index >= 15 is 0 Å². The summed E-state index contributed by atoms with van der Waals surface area (Å²) in [6.07, 6.45) is 6.50. The summed E-state index contributed by atoms with van der Waals surface area (Å²) < 4.78 is 14.4. The molecule has 1 aromatic carbocycles. The highest BCUT2D eigenvalue weighted by atomic mass is 32.2. The fourth-order valence-corrected chi connectivity index (χ4v) is 6.31. The van der Waals surface area contributed by atoms with Gasteiger partial charge in [0.05, 0.1) is 5.60 Å². The van der Waals surface area contributed by atoms with E-state index in [-0.39, 0.29) is 10.5 Å². The minimum Gasteiger partial charge on any atom is -0.385 e. The van der Waals surface area contributed by atoms with Crippen LogP contribution in [0.15, 0.2) is 30.5 Å². The SMILES string of the molecule is Cn1ccc2cc(C3(O)CC4CCCC(C3)S4=O)ccc21. The molecule has 0 spiro atoms. The highest BCUT2D eigenvalue weighted by molar-refractivity contribution is 7.86. The van der Waals surface area contributed by atoms with Crippen molar-refractivity contribution in [1.29, 1.82) is 0 Å². The molecule has 2 unspecified atom stereocenters. The summed E-state index contributed by atoms with van der Waals surface area (Å²) in [5.74, 6) is 0.